The number of rotatable bonds is 6. The number of fused-ring (bicyclic) bond motifs is 3. The Hall–Kier alpha value is -3.08. The van der Waals surface area contributed by atoms with E-state index in [9.17, 15) is 9.59 Å². The Morgan fingerprint density at radius 2 is 1.57 bits per heavy atom. The first-order valence-electron chi connectivity index (χ1n) is 10.1. The van der Waals surface area contributed by atoms with Crippen LogP contribution >= 0.6 is 0 Å². The van der Waals surface area contributed by atoms with Crippen molar-refractivity contribution in [1.29, 1.82) is 0 Å². The zero-order chi connectivity index (χ0) is 21.9. The Labute approximate surface area is 178 Å². The molecular weight excluding hydrogens is 378 g/mol. The molecule has 0 fully saturated rings. The summed E-state index contributed by atoms with van der Waals surface area (Å²) >= 11 is 0. The molecular formula is C25H29NO4. The van der Waals surface area contributed by atoms with Gasteiger partial charge in [-0.2, -0.15) is 0 Å². The minimum atomic E-state index is -0.836. The van der Waals surface area contributed by atoms with Crippen molar-refractivity contribution in [3.05, 3.63) is 71.8 Å². The molecule has 0 aromatic heterocycles. The van der Waals surface area contributed by atoms with Crippen LogP contribution in [-0.2, 0) is 14.3 Å². The maximum absolute atomic E-state index is 12.5. The van der Waals surface area contributed by atoms with Crippen molar-refractivity contribution in [3.8, 4) is 11.1 Å². The SMILES string of the molecule is C=C(C)C[C@H](NC(=O)OCC1c2ccccc2-c2ccccc21)C(=O)OC(C)(C)C. The van der Waals surface area contributed by atoms with Crippen molar-refractivity contribution < 1.29 is 19.1 Å². The Balaban J connectivity index is 1.68. The maximum atomic E-state index is 12.5. The highest BCUT2D eigenvalue weighted by Crippen LogP contribution is 2.44. The minimum Gasteiger partial charge on any atom is -0.458 e. The number of carbonyl (C=O) groups excluding carboxylic acids is 2. The van der Waals surface area contributed by atoms with Crippen molar-refractivity contribution in [1.82, 2.24) is 5.32 Å². The van der Waals surface area contributed by atoms with Crippen LogP contribution in [0.15, 0.2) is 60.7 Å². The van der Waals surface area contributed by atoms with E-state index >= 15 is 0 Å². The molecule has 1 N–H and O–H groups in total. The molecule has 1 atom stereocenters. The normalized spacial score (nSPS) is 13.7. The summed E-state index contributed by atoms with van der Waals surface area (Å²) in [5.74, 6) is -0.539. The average Bonchev–Trinajstić information content (AvgIpc) is 2.98. The molecule has 5 heteroatoms. The first-order valence-corrected chi connectivity index (χ1v) is 10.1. The fourth-order valence-corrected chi connectivity index (χ4v) is 3.70. The monoisotopic (exact) mass is 407 g/mol. The summed E-state index contributed by atoms with van der Waals surface area (Å²) in [5.41, 5.74) is 4.72. The summed E-state index contributed by atoms with van der Waals surface area (Å²) in [6.45, 7) is 11.2. The van der Waals surface area contributed by atoms with Crippen LogP contribution in [0.25, 0.3) is 11.1 Å². The lowest BCUT2D eigenvalue weighted by atomic mass is 9.98. The maximum Gasteiger partial charge on any atom is 0.407 e. The highest BCUT2D eigenvalue weighted by molar-refractivity contribution is 5.82. The van der Waals surface area contributed by atoms with E-state index in [0.29, 0.717) is 6.42 Å². The smallest absolute Gasteiger partial charge is 0.407 e. The predicted octanol–water partition coefficient (Wildman–Crippen LogP) is 5.20. The quantitative estimate of drug-likeness (QED) is 0.528. The van der Waals surface area contributed by atoms with Gasteiger partial charge in [0.25, 0.3) is 0 Å². The second-order valence-corrected chi connectivity index (χ2v) is 8.72. The third-order valence-corrected chi connectivity index (χ3v) is 4.88. The summed E-state index contributed by atoms with van der Waals surface area (Å²) in [7, 11) is 0. The van der Waals surface area contributed by atoms with Crippen LogP contribution in [0.3, 0.4) is 0 Å². The van der Waals surface area contributed by atoms with E-state index in [1.165, 1.54) is 0 Å². The number of amides is 1. The van der Waals surface area contributed by atoms with E-state index in [0.717, 1.165) is 27.8 Å². The van der Waals surface area contributed by atoms with E-state index in [-0.39, 0.29) is 12.5 Å². The molecule has 3 rings (SSSR count). The molecule has 0 unspecified atom stereocenters. The van der Waals surface area contributed by atoms with Gasteiger partial charge in [-0.1, -0.05) is 54.1 Å². The van der Waals surface area contributed by atoms with E-state index in [2.05, 4.69) is 36.2 Å². The fourth-order valence-electron chi connectivity index (χ4n) is 3.70. The van der Waals surface area contributed by atoms with Crippen molar-refractivity contribution in [2.45, 2.75) is 51.7 Å². The minimum absolute atomic E-state index is 0.0377. The van der Waals surface area contributed by atoms with Crippen molar-refractivity contribution in [2.24, 2.45) is 0 Å². The van der Waals surface area contributed by atoms with Crippen molar-refractivity contribution in [2.75, 3.05) is 6.61 Å². The standard InChI is InChI=1S/C25H29NO4/c1-16(2)14-22(23(27)30-25(3,4)5)26-24(28)29-15-21-19-12-8-6-10-17(19)18-11-7-9-13-20(18)21/h6-13,21-22H,1,14-15H2,2-5H3,(H,26,28)/t22-/m0/s1. The van der Waals surface area contributed by atoms with Crippen LogP contribution in [0.5, 0.6) is 0 Å². The number of ether oxygens (including phenoxy) is 2. The van der Waals surface area contributed by atoms with Gasteiger partial charge < -0.3 is 14.8 Å². The summed E-state index contributed by atoms with van der Waals surface area (Å²) < 4.78 is 11.0. The Kier molecular flexibility index (Phi) is 6.30. The second-order valence-electron chi connectivity index (χ2n) is 8.72. The zero-order valence-corrected chi connectivity index (χ0v) is 18.0. The van der Waals surface area contributed by atoms with Gasteiger partial charge in [-0.05, 0) is 56.4 Å². The van der Waals surface area contributed by atoms with Gasteiger partial charge in [0.05, 0.1) is 0 Å². The number of alkyl carbamates (subject to hydrolysis) is 1. The highest BCUT2D eigenvalue weighted by atomic mass is 16.6. The Morgan fingerprint density at radius 1 is 1.03 bits per heavy atom. The van der Waals surface area contributed by atoms with Gasteiger partial charge in [-0.25, -0.2) is 9.59 Å². The summed E-state index contributed by atoms with van der Waals surface area (Å²) in [6.07, 6.45) is -0.354. The van der Waals surface area contributed by atoms with Gasteiger partial charge in [0.1, 0.15) is 18.2 Å². The van der Waals surface area contributed by atoms with Gasteiger partial charge >= 0.3 is 12.1 Å². The number of nitrogens with one attached hydrogen (secondary N) is 1. The van der Waals surface area contributed by atoms with E-state index in [1.807, 2.05) is 24.3 Å². The van der Waals surface area contributed by atoms with E-state index in [1.54, 1.807) is 27.7 Å². The number of hydrogen-bond acceptors (Lipinski definition) is 4. The van der Waals surface area contributed by atoms with Gasteiger partial charge in [0.15, 0.2) is 0 Å². The molecule has 30 heavy (non-hydrogen) atoms. The molecule has 1 aliphatic carbocycles. The van der Waals surface area contributed by atoms with Gasteiger partial charge in [0, 0.05) is 5.92 Å². The van der Waals surface area contributed by atoms with Crippen LogP contribution < -0.4 is 5.32 Å². The third kappa shape index (κ3) is 5.09. The largest absolute Gasteiger partial charge is 0.458 e. The van der Waals surface area contributed by atoms with Crippen LogP contribution in [0.1, 0.15) is 51.2 Å². The third-order valence-electron chi connectivity index (χ3n) is 4.88. The highest BCUT2D eigenvalue weighted by Gasteiger charge is 2.30. The zero-order valence-electron chi connectivity index (χ0n) is 18.0. The lowest BCUT2D eigenvalue weighted by molar-refractivity contribution is -0.157. The number of hydrogen-bond donors (Lipinski definition) is 1. The molecule has 2 aromatic carbocycles. The van der Waals surface area contributed by atoms with Crippen molar-refractivity contribution >= 4 is 12.1 Å². The molecule has 2 aromatic rings. The number of benzene rings is 2. The molecule has 0 bridgehead atoms. The first-order chi connectivity index (χ1) is 14.2. The van der Waals surface area contributed by atoms with Crippen LogP contribution in [0, 0.1) is 0 Å². The van der Waals surface area contributed by atoms with E-state index < -0.39 is 23.7 Å². The van der Waals surface area contributed by atoms with Crippen molar-refractivity contribution in [3.63, 3.8) is 0 Å². The summed E-state index contributed by atoms with van der Waals surface area (Å²) in [6, 6.07) is 15.4. The molecule has 0 heterocycles. The molecule has 0 radical (unpaired) electrons. The number of esters is 1. The molecule has 158 valence electrons. The Bertz CT molecular complexity index is 912. The average molecular weight is 408 g/mol. The van der Waals surface area contributed by atoms with Gasteiger partial charge in [0.2, 0.25) is 0 Å². The molecule has 0 saturated carbocycles. The molecule has 1 aliphatic rings. The summed E-state index contributed by atoms with van der Waals surface area (Å²) in [5, 5.41) is 2.65. The van der Waals surface area contributed by atoms with Gasteiger partial charge in [-0.3, -0.25) is 0 Å². The number of carbonyl (C=O) groups is 2. The Morgan fingerprint density at radius 3 is 2.07 bits per heavy atom. The summed E-state index contributed by atoms with van der Waals surface area (Å²) in [4.78, 5) is 25.0. The topological polar surface area (TPSA) is 64.6 Å². The fraction of sp³-hybridized carbons (Fsp3) is 0.360. The second kappa shape index (κ2) is 8.74. The van der Waals surface area contributed by atoms with Gasteiger partial charge in [-0.15, -0.1) is 6.58 Å². The van der Waals surface area contributed by atoms with E-state index in [4.69, 9.17) is 9.47 Å². The molecule has 5 nitrogen and oxygen atoms in total. The molecule has 0 spiro atoms. The molecule has 0 aliphatic heterocycles. The lowest BCUT2D eigenvalue weighted by Gasteiger charge is -2.24. The van der Waals surface area contributed by atoms with Crippen LogP contribution in [-0.4, -0.2) is 30.3 Å². The molecule has 0 saturated heterocycles. The van der Waals surface area contributed by atoms with Crippen LogP contribution in [0.4, 0.5) is 4.79 Å². The lowest BCUT2D eigenvalue weighted by Crippen LogP contribution is -2.44. The first kappa shape index (κ1) is 21.6. The predicted molar refractivity (Wildman–Crippen MR) is 117 cm³/mol. The van der Waals surface area contributed by atoms with Crippen LogP contribution in [0.2, 0.25) is 0 Å². The molecule has 1 amide bonds.